The molecule has 0 aromatic rings. The van der Waals surface area contributed by atoms with E-state index in [0.717, 1.165) is 5.57 Å². The Morgan fingerprint density at radius 3 is 2.21 bits per heavy atom. The van der Waals surface area contributed by atoms with Gasteiger partial charge >= 0.3 is 11.9 Å². The predicted octanol–water partition coefficient (Wildman–Crippen LogP) is 3.89. The summed E-state index contributed by atoms with van der Waals surface area (Å²) in [5.74, 6) is -0.483. The minimum absolute atomic E-state index is 0.263. The molecule has 0 saturated carbocycles. The topological polar surface area (TPSA) is 82.1 Å². The Kier molecular flexibility index (Phi) is 10.3. The van der Waals surface area contributed by atoms with Gasteiger partial charge in [0, 0.05) is 18.3 Å². The number of carbonyl (C=O) groups is 2. The minimum Gasteiger partial charge on any atom is -0.466 e. The second-order valence-electron chi connectivity index (χ2n) is 7.91. The maximum atomic E-state index is 12.2. The smallest absolute Gasteiger partial charge is 0.333 e. The van der Waals surface area contributed by atoms with Gasteiger partial charge < -0.3 is 19.3 Å². The van der Waals surface area contributed by atoms with Gasteiger partial charge in [-0.3, -0.25) is 0 Å². The molecule has 29 heavy (non-hydrogen) atoms. The summed E-state index contributed by atoms with van der Waals surface area (Å²) in [7, 11) is 4.29. The van der Waals surface area contributed by atoms with E-state index in [0.29, 0.717) is 49.7 Å². The van der Waals surface area contributed by atoms with E-state index in [-0.39, 0.29) is 11.9 Å². The number of rotatable bonds is 4. The van der Waals surface area contributed by atoms with Gasteiger partial charge in [0.2, 0.25) is 0 Å². The molecule has 0 radical (unpaired) electrons. The Morgan fingerprint density at radius 2 is 1.66 bits per heavy atom. The highest BCUT2D eigenvalue weighted by molar-refractivity contribution is 5.89. The summed E-state index contributed by atoms with van der Waals surface area (Å²) in [6.45, 7) is 6.00. The Bertz CT molecular complexity index is 658. The van der Waals surface area contributed by atoms with Crippen LogP contribution in [0.3, 0.4) is 0 Å². The highest BCUT2D eigenvalue weighted by Crippen LogP contribution is 2.28. The Hall–Kier alpha value is -1.92. The molecule has 0 aliphatic heterocycles. The van der Waals surface area contributed by atoms with Crippen molar-refractivity contribution < 1.29 is 28.9 Å². The Labute approximate surface area is 174 Å². The standard InChI is InChI=1S/C23H36O6/c1-16(2)17-9-11-18(21(25)27-4)8-7-15-23(3,29-6)20(24)14-13-19(12-10-17)22(26)28-5/h8,10,12,16,20,24H,7,9,11,13-15H2,1-6H3/b17-10-,18-8+,19-12+/t20-,23-/m0/s1. The van der Waals surface area contributed by atoms with Gasteiger partial charge in [0.05, 0.1) is 25.9 Å². The van der Waals surface area contributed by atoms with Gasteiger partial charge in [0.15, 0.2) is 0 Å². The highest BCUT2D eigenvalue weighted by atomic mass is 16.5. The highest BCUT2D eigenvalue weighted by Gasteiger charge is 2.32. The monoisotopic (exact) mass is 408 g/mol. The number of aliphatic hydroxyl groups is 1. The van der Waals surface area contributed by atoms with Crippen LogP contribution in [0.25, 0.3) is 0 Å². The second kappa shape index (κ2) is 11.9. The van der Waals surface area contributed by atoms with E-state index in [2.05, 4.69) is 13.8 Å². The average molecular weight is 409 g/mol. The molecule has 0 aromatic carbocycles. The number of ether oxygens (including phenoxy) is 3. The van der Waals surface area contributed by atoms with Crippen LogP contribution in [0.2, 0.25) is 0 Å². The molecule has 1 aliphatic rings. The van der Waals surface area contributed by atoms with Crippen molar-refractivity contribution in [3.63, 3.8) is 0 Å². The number of esters is 2. The van der Waals surface area contributed by atoms with Gasteiger partial charge in [0.25, 0.3) is 0 Å². The number of hydrogen-bond acceptors (Lipinski definition) is 6. The van der Waals surface area contributed by atoms with Gasteiger partial charge in [-0.05, 0) is 51.4 Å². The Morgan fingerprint density at radius 1 is 1.03 bits per heavy atom. The van der Waals surface area contributed by atoms with Crippen LogP contribution in [-0.4, -0.2) is 50.1 Å². The molecule has 1 aliphatic carbocycles. The molecule has 0 aromatic heterocycles. The summed E-state index contributed by atoms with van der Waals surface area (Å²) in [6, 6.07) is 0. The van der Waals surface area contributed by atoms with Gasteiger partial charge in [-0.15, -0.1) is 0 Å². The number of methoxy groups -OCH3 is 3. The third-order valence-electron chi connectivity index (χ3n) is 5.71. The van der Waals surface area contributed by atoms with Crippen molar-refractivity contribution in [2.75, 3.05) is 21.3 Å². The van der Waals surface area contributed by atoms with E-state index in [1.165, 1.54) is 14.2 Å². The predicted molar refractivity (Wildman–Crippen MR) is 112 cm³/mol. The van der Waals surface area contributed by atoms with Crippen molar-refractivity contribution in [2.24, 2.45) is 5.92 Å². The van der Waals surface area contributed by atoms with Crippen molar-refractivity contribution in [3.05, 3.63) is 34.9 Å². The van der Waals surface area contributed by atoms with Gasteiger partial charge in [-0.1, -0.05) is 37.6 Å². The maximum Gasteiger partial charge on any atom is 0.333 e. The lowest BCUT2D eigenvalue weighted by molar-refractivity contribution is -0.137. The number of allylic oxidation sites excluding steroid dienone is 4. The molecule has 1 rings (SSSR count). The van der Waals surface area contributed by atoms with Crippen LogP contribution in [0, 0.1) is 5.92 Å². The van der Waals surface area contributed by atoms with Crippen molar-refractivity contribution in [2.45, 2.75) is 71.0 Å². The van der Waals surface area contributed by atoms with E-state index in [4.69, 9.17) is 14.2 Å². The minimum atomic E-state index is -0.790. The van der Waals surface area contributed by atoms with Crippen molar-refractivity contribution >= 4 is 11.9 Å². The van der Waals surface area contributed by atoms with E-state index in [1.54, 1.807) is 13.2 Å². The summed E-state index contributed by atoms with van der Waals surface area (Å²) < 4.78 is 15.4. The zero-order valence-electron chi connectivity index (χ0n) is 18.6. The summed E-state index contributed by atoms with van der Waals surface area (Å²) in [6.07, 6.45) is 7.91. The number of hydrogen-bond donors (Lipinski definition) is 1. The van der Waals surface area contributed by atoms with E-state index in [9.17, 15) is 14.7 Å². The molecule has 164 valence electrons. The third kappa shape index (κ3) is 7.44. The van der Waals surface area contributed by atoms with Crippen molar-refractivity contribution in [3.8, 4) is 0 Å². The van der Waals surface area contributed by atoms with Crippen molar-refractivity contribution in [1.82, 2.24) is 0 Å². The van der Waals surface area contributed by atoms with Crippen molar-refractivity contribution in [1.29, 1.82) is 0 Å². The summed E-state index contributed by atoms with van der Waals surface area (Å²) in [5.41, 5.74) is 1.45. The largest absolute Gasteiger partial charge is 0.466 e. The van der Waals surface area contributed by atoms with Crippen LogP contribution in [0.15, 0.2) is 34.9 Å². The molecular weight excluding hydrogens is 372 g/mol. The molecule has 0 unspecified atom stereocenters. The van der Waals surface area contributed by atoms with Crippen LogP contribution in [0.4, 0.5) is 0 Å². The second-order valence-corrected chi connectivity index (χ2v) is 7.91. The summed E-state index contributed by atoms with van der Waals surface area (Å²) >= 11 is 0. The molecule has 0 heterocycles. The normalized spacial score (nSPS) is 30.1. The molecule has 6 heteroatoms. The zero-order valence-corrected chi connectivity index (χ0v) is 18.6. The van der Waals surface area contributed by atoms with Crippen LogP contribution in [0.5, 0.6) is 0 Å². The first kappa shape index (κ1) is 25.1. The number of aliphatic hydroxyl groups excluding tert-OH is 1. The lowest BCUT2D eigenvalue weighted by atomic mass is 9.87. The first-order valence-corrected chi connectivity index (χ1v) is 10.2. The van der Waals surface area contributed by atoms with Gasteiger partial charge in [0.1, 0.15) is 0 Å². The van der Waals surface area contributed by atoms with Crippen LogP contribution < -0.4 is 0 Å². The molecular formula is C23H36O6. The molecule has 2 atom stereocenters. The molecule has 0 amide bonds. The zero-order chi connectivity index (χ0) is 22.0. The molecule has 0 saturated heterocycles. The fourth-order valence-electron chi connectivity index (χ4n) is 3.39. The lowest BCUT2D eigenvalue weighted by Gasteiger charge is -2.33. The fourth-order valence-corrected chi connectivity index (χ4v) is 3.39. The van der Waals surface area contributed by atoms with Crippen LogP contribution in [-0.2, 0) is 23.8 Å². The number of carbonyl (C=O) groups excluding carboxylic acids is 2. The molecule has 0 bridgehead atoms. The summed E-state index contributed by atoms with van der Waals surface area (Å²) in [4.78, 5) is 24.4. The maximum absolute atomic E-state index is 12.2. The molecule has 1 N–H and O–H groups in total. The van der Waals surface area contributed by atoms with E-state index in [1.807, 2.05) is 19.1 Å². The van der Waals surface area contributed by atoms with Crippen LogP contribution >= 0.6 is 0 Å². The Balaban J connectivity index is 3.34. The first-order valence-electron chi connectivity index (χ1n) is 10.2. The van der Waals surface area contributed by atoms with Gasteiger partial charge in [-0.25, -0.2) is 9.59 Å². The summed E-state index contributed by atoms with van der Waals surface area (Å²) in [5, 5.41) is 10.7. The van der Waals surface area contributed by atoms with Gasteiger partial charge in [-0.2, -0.15) is 0 Å². The van der Waals surface area contributed by atoms with Crippen LogP contribution in [0.1, 0.15) is 59.3 Å². The SMILES string of the molecule is COC(=O)/C1=C/CC[C@](C)(OC)[C@@H](O)CC/C(C(=O)OC)=C\C=C(/C(C)C)CC1. The molecule has 6 nitrogen and oxygen atoms in total. The van der Waals surface area contributed by atoms with E-state index < -0.39 is 17.7 Å². The third-order valence-corrected chi connectivity index (χ3v) is 5.71. The average Bonchev–Trinajstić information content (AvgIpc) is 2.71. The van der Waals surface area contributed by atoms with E-state index >= 15 is 0 Å². The fraction of sp³-hybridized carbons (Fsp3) is 0.652. The first-order chi connectivity index (χ1) is 13.7. The quantitative estimate of drug-likeness (QED) is 0.711. The lowest BCUT2D eigenvalue weighted by Crippen LogP contribution is -2.41. The molecule has 0 spiro atoms. The molecule has 0 fully saturated rings.